The lowest BCUT2D eigenvalue weighted by Crippen LogP contribution is -2.50. The second kappa shape index (κ2) is 6.02. The summed E-state index contributed by atoms with van der Waals surface area (Å²) in [6.07, 6.45) is -9.21. The van der Waals surface area contributed by atoms with E-state index in [-0.39, 0.29) is 6.29 Å². The molecule has 0 radical (unpaired) electrons. The zero-order chi connectivity index (χ0) is 11.3. The fourth-order valence-electron chi connectivity index (χ4n) is 0.820. The van der Waals surface area contributed by atoms with Gasteiger partial charge in [-0.05, 0) is 0 Å². The number of carbonyl (C=O) groups is 1. The molecular weight excluding hydrogens is 196 g/mol. The summed E-state index contributed by atoms with van der Waals surface area (Å²) in [7, 11) is 0. The summed E-state index contributed by atoms with van der Waals surface area (Å²) in [5.74, 6) is 0. The highest BCUT2D eigenvalue weighted by atomic mass is 16.4. The van der Waals surface area contributed by atoms with Crippen LogP contribution in [-0.2, 0) is 4.79 Å². The minimum Gasteiger partial charge on any atom is -0.394 e. The van der Waals surface area contributed by atoms with Gasteiger partial charge >= 0.3 is 0 Å². The van der Waals surface area contributed by atoms with Crippen LogP contribution in [0.15, 0.2) is 0 Å². The Morgan fingerprint density at radius 1 is 0.929 bits per heavy atom. The molecule has 84 valence electrons. The third kappa shape index (κ3) is 3.29. The van der Waals surface area contributed by atoms with E-state index < -0.39 is 37.1 Å². The van der Waals surface area contributed by atoms with E-state index in [2.05, 4.69) is 0 Å². The first-order valence-corrected chi connectivity index (χ1v) is 3.92. The first-order chi connectivity index (χ1) is 6.45. The molecule has 0 aromatic rings. The van der Waals surface area contributed by atoms with Crippen LogP contribution in [-0.4, -0.2) is 74.1 Å². The minimum absolute atomic E-state index is 0.0219. The predicted octanol–water partition coefficient (Wildman–Crippen LogP) is -4.02. The quantitative estimate of drug-likeness (QED) is 0.245. The van der Waals surface area contributed by atoms with Crippen molar-refractivity contribution in [1.82, 2.24) is 0 Å². The molecule has 14 heavy (non-hydrogen) atoms. The van der Waals surface area contributed by atoms with E-state index in [1.165, 1.54) is 0 Å². The van der Waals surface area contributed by atoms with Crippen molar-refractivity contribution in [1.29, 1.82) is 0 Å². The van der Waals surface area contributed by atoms with Gasteiger partial charge < -0.3 is 35.4 Å². The average Bonchev–Trinajstić information content (AvgIpc) is 2.23. The highest BCUT2D eigenvalue weighted by Gasteiger charge is 2.33. The van der Waals surface area contributed by atoms with Gasteiger partial charge in [0.25, 0.3) is 0 Å². The standard InChI is InChI=1S/C7H14O7/c8-1-3(10)5(12)7(14)6(13)4(11)2-9/h1,3-7,9-14H,2H2/t3?,4-,5+,6-,7?/m1/s1. The summed E-state index contributed by atoms with van der Waals surface area (Å²) in [4.78, 5) is 10.00. The molecule has 0 aliphatic rings. The van der Waals surface area contributed by atoms with Crippen molar-refractivity contribution in [3.8, 4) is 0 Å². The van der Waals surface area contributed by atoms with E-state index in [4.69, 9.17) is 30.6 Å². The second-order valence-electron chi connectivity index (χ2n) is 2.85. The van der Waals surface area contributed by atoms with Crippen LogP contribution >= 0.6 is 0 Å². The molecule has 0 spiro atoms. The Labute approximate surface area is 79.9 Å². The van der Waals surface area contributed by atoms with Crippen LogP contribution in [0.3, 0.4) is 0 Å². The van der Waals surface area contributed by atoms with Crippen molar-refractivity contribution >= 4 is 6.29 Å². The zero-order valence-corrected chi connectivity index (χ0v) is 7.26. The number of hydrogen-bond acceptors (Lipinski definition) is 7. The maximum atomic E-state index is 10.00. The van der Waals surface area contributed by atoms with E-state index in [9.17, 15) is 4.79 Å². The topological polar surface area (TPSA) is 138 Å². The highest BCUT2D eigenvalue weighted by Crippen LogP contribution is 2.07. The number of carbonyl (C=O) groups excluding carboxylic acids is 1. The Kier molecular flexibility index (Phi) is 5.77. The van der Waals surface area contributed by atoms with Gasteiger partial charge in [0.2, 0.25) is 0 Å². The maximum Gasteiger partial charge on any atom is 0.151 e. The third-order valence-electron chi connectivity index (χ3n) is 1.77. The molecule has 0 heterocycles. The van der Waals surface area contributed by atoms with E-state index in [0.717, 1.165) is 0 Å². The predicted molar refractivity (Wildman–Crippen MR) is 43.2 cm³/mol. The van der Waals surface area contributed by atoms with Crippen LogP contribution in [0.4, 0.5) is 0 Å². The van der Waals surface area contributed by atoms with Gasteiger partial charge in [-0.1, -0.05) is 0 Å². The van der Waals surface area contributed by atoms with Crippen LogP contribution in [0.25, 0.3) is 0 Å². The Hall–Kier alpha value is -0.570. The summed E-state index contributed by atoms with van der Waals surface area (Å²) in [6.45, 7) is -0.817. The molecular formula is C7H14O7. The van der Waals surface area contributed by atoms with Gasteiger partial charge in [-0.15, -0.1) is 0 Å². The van der Waals surface area contributed by atoms with Crippen molar-refractivity contribution < 1.29 is 35.4 Å². The lowest BCUT2D eigenvalue weighted by molar-refractivity contribution is -0.147. The van der Waals surface area contributed by atoms with Crippen molar-refractivity contribution in [2.75, 3.05) is 6.61 Å². The first-order valence-electron chi connectivity index (χ1n) is 3.92. The van der Waals surface area contributed by atoms with Crippen molar-refractivity contribution in [2.45, 2.75) is 30.5 Å². The van der Waals surface area contributed by atoms with Gasteiger partial charge in [0.05, 0.1) is 6.61 Å². The van der Waals surface area contributed by atoms with Gasteiger partial charge in [0.15, 0.2) is 6.29 Å². The molecule has 5 atom stereocenters. The van der Waals surface area contributed by atoms with Gasteiger partial charge in [-0.25, -0.2) is 0 Å². The summed E-state index contributed by atoms with van der Waals surface area (Å²) in [6, 6.07) is 0. The van der Waals surface area contributed by atoms with E-state index >= 15 is 0 Å². The van der Waals surface area contributed by atoms with Gasteiger partial charge in [0.1, 0.15) is 30.5 Å². The smallest absolute Gasteiger partial charge is 0.151 e. The van der Waals surface area contributed by atoms with Gasteiger partial charge in [-0.2, -0.15) is 0 Å². The second-order valence-corrected chi connectivity index (χ2v) is 2.85. The number of aldehydes is 1. The lowest BCUT2D eigenvalue weighted by atomic mass is 10.0. The zero-order valence-electron chi connectivity index (χ0n) is 7.26. The Morgan fingerprint density at radius 2 is 1.43 bits per heavy atom. The summed E-state index contributed by atoms with van der Waals surface area (Å²) in [5, 5.41) is 53.2. The number of rotatable bonds is 6. The molecule has 7 nitrogen and oxygen atoms in total. The van der Waals surface area contributed by atoms with E-state index in [1.54, 1.807) is 0 Å². The summed E-state index contributed by atoms with van der Waals surface area (Å²) >= 11 is 0. The Balaban J connectivity index is 4.29. The number of aliphatic hydroxyl groups excluding tert-OH is 6. The molecule has 0 amide bonds. The molecule has 0 saturated heterocycles. The highest BCUT2D eigenvalue weighted by molar-refractivity contribution is 5.56. The largest absolute Gasteiger partial charge is 0.394 e. The normalized spacial score (nSPS) is 22.1. The van der Waals surface area contributed by atoms with E-state index in [0.29, 0.717) is 0 Å². The molecule has 2 unspecified atom stereocenters. The Bertz CT molecular complexity index is 173. The molecule has 7 heteroatoms. The van der Waals surface area contributed by atoms with Crippen LogP contribution < -0.4 is 0 Å². The van der Waals surface area contributed by atoms with Crippen LogP contribution in [0, 0.1) is 0 Å². The van der Waals surface area contributed by atoms with Gasteiger partial charge in [-0.3, -0.25) is 0 Å². The molecule has 6 N–H and O–H groups in total. The van der Waals surface area contributed by atoms with Crippen molar-refractivity contribution in [3.05, 3.63) is 0 Å². The lowest BCUT2D eigenvalue weighted by Gasteiger charge is -2.26. The molecule has 0 saturated carbocycles. The molecule has 0 aromatic heterocycles. The maximum absolute atomic E-state index is 10.00. The fraction of sp³-hybridized carbons (Fsp3) is 0.857. The van der Waals surface area contributed by atoms with Crippen LogP contribution in [0.1, 0.15) is 0 Å². The molecule has 0 aliphatic carbocycles. The van der Waals surface area contributed by atoms with Crippen LogP contribution in [0.2, 0.25) is 0 Å². The molecule has 0 aliphatic heterocycles. The minimum atomic E-state index is -1.92. The van der Waals surface area contributed by atoms with Crippen molar-refractivity contribution in [3.63, 3.8) is 0 Å². The van der Waals surface area contributed by atoms with E-state index in [1.807, 2.05) is 0 Å². The average molecular weight is 210 g/mol. The molecule has 0 bridgehead atoms. The first kappa shape index (κ1) is 13.4. The fourth-order valence-corrected chi connectivity index (χ4v) is 0.820. The van der Waals surface area contributed by atoms with Gasteiger partial charge in [0, 0.05) is 0 Å². The number of hydrogen-bond donors (Lipinski definition) is 6. The molecule has 0 fully saturated rings. The van der Waals surface area contributed by atoms with Crippen molar-refractivity contribution in [2.24, 2.45) is 0 Å². The summed E-state index contributed by atoms with van der Waals surface area (Å²) in [5.41, 5.74) is 0. The third-order valence-corrected chi connectivity index (χ3v) is 1.77. The number of aliphatic hydroxyl groups is 6. The van der Waals surface area contributed by atoms with Crippen LogP contribution in [0.5, 0.6) is 0 Å². The summed E-state index contributed by atoms with van der Waals surface area (Å²) < 4.78 is 0. The molecule has 0 aromatic carbocycles. The molecule has 0 rings (SSSR count). The SMILES string of the molecule is O=CC(O)[C@H](O)C(O)[C@H](O)[C@H](O)CO. The monoisotopic (exact) mass is 210 g/mol. The Morgan fingerprint density at radius 3 is 1.79 bits per heavy atom.